The minimum Gasteiger partial charge on any atom is -0.379 e. The van der Waals surface area contributed by atoms with Crippen LogP contribution in [0.3, 0.4) is 0 Å². The van der Waals surface area contributed by atoms with Crippen LogP contribution < -0.4 is 5.32 Å². The number of fused-ring (bicyclic) bond motifs is 1. The molecule has 7 nitrogen and oxygen atoms in total. The maximum Gasteiger partial charge on any atom is 0.244 e. The fraction of sp³-hybridized carbons (Fsp3) is 0.261. The lowest BCUT2D eigenvalue weighted by Gasteiger charge is -2.25. The van der Waals surface area contributed by atoms with Crippen LogP contribution in [0, 0.1) is 0 Å². The highest BCUT2D eigenvalue weighted by molar-refractivity contribution is 7.89. The number of thiophene rings is 1. The first-order chi connectivity index (χ1) is 15.6. The van der Waals surface area contributed by atoms with Gasteiger partial charge in [-0.2, -0.15) is 4.31 Å². The Morgan fingerprint density at radius 2 is 1.97 bits per heavy atom. The quantitative estimate of drug-likeness (QED) is 0.430. The molecule has 0 radical (unpaired) electrons. The highest BCUT2D eigenvalue weighted by Gasteiger charge is 2.26. The van der Waals surface area contributed by atoms with Gasteiger partial charge in [0.15, 0.2) is 0 Å². The molecule has 1 fully saturated rings. The van der Waals surface area contributed by atoms with Gasteiger partial charge in [-0.05, 0) is 35.2 Å². The van der Waals surface area contributed by atoms with E-state index < -0.39 is 10.0 Å². The fourth-order valence-electron chi connectivity index (χ4n) is 4.02. The van der Waals surface area contributed by atoms with Crippen LogP contribution in [0.4, 0.5) is 5.82 Å². The molecule has 1 aliphatic rings. The van der Waals surface area contributed by atoms with Gasteiger partial charge >= 0.3 is 0 Å². The zero-order valence-corrected chi connectivity index (χ0v) is 19.0. The van der Waals surface area contributed by atoms with E-state index in [1.807, 2.05) is 12.1 Å². The Morgan fingerprint density at radius 3 is 2.72 bits per heavy atom. The van der Waals surface area contributed by atoms with Gasteiger partial charge in [-0.15, -0.1) is 11.3 Å². The molecule has 1 saturated heterocycles. The number of ether oxygens (including phenoxy) is 1. The molecule has 0 bridgehead atoms. The predicted molar refractivity (Wildman–Crippen MR) is 127 cm³/mol. The summed E-state index contributed by atoms with van der Waals surface area (Å²) in [5, 5.41) is 6.68. The third-order valence-electron chi connectivity index (χ3n) is 5.71. The molecule has 166 valence electrons. The van der Waals surface area contributed by atoms with Crippen molar-refractivity contribution in [2.45, 2.75) is 10.8 Å². The number of aromatic amines is 1. The normalized spacial score (nSPS) is 16.2. The molecule has 5 rings (SSSR count). The van der Waals surface area contributed by atoms with Crippen molar-refractivity contribution in [1.29, 1.82) is 0 Å². The Hall–Kier alpha value is -2.72. The van der Waals surface area contributed by atoms with E-state index in [2.05, 4.69) is 51.1 Å². The Labute approximate surface area is 191 Å². The number of pyridine rings is 1. The van der Waals surface area contributed by atoms with Crippen molar-refractivity contribution in [3.05, 3.63) is 76.7 Å². The molecular weight excluding hydrogens is 444 g/mol. The van der Waals surface area contributed by atoms with Crippen LogP contribution in [0.25, 0.3) is 10.9 Å². The second-order valence-electron chi connectivity index (χ2n) is 7.63. The van der Waals surface area contributed by atoms with E-state index in [-0.39, 0.29) is 10.8 Å². The molecule has 0 aliphatic carbocycles. The Balaban J connectivity index is 1.35. The van der Waals surface area contributed by atoms with E-state index in [4.69, 9.17) is 4.74 Å². The number of nitrogens with one attached hydrogen (secondary N) is 2. The minimum atomic E-state index is -3.54. The summed E-state index contributed by atoms with van der Waals surface area (Å²) >= 11 is 1.73. The average molecular weight is 469 g/mol. The van der Waals surface area contributed by atoms with Crippen LogP contribution in [-0.2, 0) is 14.8 Å². The maximum atomic E-state index is 12.8. The molecule has 0 saturated carbocycles. The molecule has 32 heavy (non-hydrogen) atoms. The summed E-state index contributed by atoms with van der Waals surface area (Å²) in [5.74, 6) is 0.789. The van der Waals surface area contributed by atoms with Gasteiger partial charge in [0.2, 0.25) is 10.0 Å². The Kier molecular flexibility index (Phi) is 5.97. The van der Waals surface area contributed by atoms with Crippen LogP contribution in [0.5, 0.6) is 0 Å². The number of anilines is 1. The molecule has 1 unspecified atom stereocenters. The van der Waals surface area contributed by atoms with Crippen LogP contribution in [0.2, 0.25) is 0 Å². The number of morpholine rings is 1. The number of aromatic nitrogens is 2. The van der Waals surface area contributed by atoms with Gasteiger partial charge in [0.25, 0.3) is 0 Å². The van der Waals surface area contributed by atoms with E-state index in [0.29, 0.717) is 38.7 Å². The highest BCUT2D eigenvalue weighted by atomic mass is 32.2. The van der Waals surface area contributed by atoms with Crippen LogP contribution in [-0.4, -0.2) is 55.5 Å². The molecule has 2 N–H and O–H groups in total. The third-order valence-corrected chi connectivity index (χ3v) is 8.58. The smallest absolute Gasteiger partial charge is 0.244 e. The second-order valence-corrected chi connectivity index (χ2v) is 10.6. The zero-order valence-electron chi connectivity index (χ0n) is 17.4. The molecule has 9 heteroatoms. The molecular formula is C23H24N4O3S2. The van der Waals surface area contributed by atoms with Gasteiger partial charge in [-0.25, -0.2) is 13.4 Å². The van der Waals surface area contributed by atoms with Crippen LogP contribution >= 0.6 is 11.3 Å². The standard InChI is InChI=1S/C23H24N4O3S2/c28-32(29,27-9-11-30-12-10-27)17-7-8-23(25-14-17)26-16-20(22-6-3-13-31-22)19-15-24-21-5-2-1-4-18(19)21/h1-8,13-15,20,24H,9-12,16H2,(H,25,26). The zero-order chi connectivity index (χ0) is 22.0. The molecule has 0 amide bonds. The van der Waals surface area contributed by atoms with Gasteiger partial charge < -0.3 is 15.0 Å². The molecule has 1 aliphatic heterocycles. The van der Waals surface area contributed by atoms with E-state index in [9.17, 15) is 8.42 Å². The summed E-state index contributed by atoms with van der Waals surface area (Å²) in [6.45, 7) is 2.23. The minimum absolute atomic E-state index is 0.143. The summed E-state index contributed by atoms with van der Waals surface area (Å²) in [6, 6.07) is 15.8. The van der Waals surface area contributed by atoms with Gasteiger partial charge in [0, 0.05) is 53.7 Å². The average Bonchev–Trinajstić information content (AvgIpc) is 3.51. The predicted octanol–water partition coefficient (Wildman–Crippen LogP) is 3.89. The number of hydrogen-bond acceptors (Lipinski definition) is 6. The molecule has 0 spiro atoms. The third kappa shape index (κ3) is 4.16. The number of para-hydroxylation sites is 1. The SMILES string of the molecule is O=S(=O)(c1ccc(NCC(c2cccs2)c2c[nH]c3ccccc23)nc1)N1CCOCC1. The Morgan fingerprint density at radius 1 is 1.12 bits per heavy atom. The van der Waals surface area contributed by atoms with Crippen LogP contribution in [0.15, 0.2) is 71.2 Å². The molecule has 1 atom stereocenters. The monoisotopic (exact) mass is 468 g/mol. The van der Waals surface area contributed by atoms with Crippen molar-refractivity contribution in [2.75, 3.05) is 38.2 Å². The lowest BCUT2D eigenvalue weighted by atomic mass is 9.96. The summed E-state index contributed by atoms with van der Waals surface area (Å²) in [6.07, 6.45) is 3.50. The van der Waals surface area contributed by atoms with E-state index in [1.54, 1.807) is 23.5 Å². The largest absolute Gasteiger partial charge is 0.379 e. The first-order valence-corrected chi connectivity index (χ1v) is 12.8. The number of sulfonamides is 1. The van der Waals surface area contributed by atoms with Crippen molar-refractivity contribution in [1.82, 2.24) is 14.3 Å². The second kappa shape index (κ2) is 9.03. The molecule has 1 aromatic carbocycles. The first kappa shape index (κ1) is 21.1. The topological polar surface area (TPSA) is 87.3 Å². The number of benzene rings is 1. The first-order valence-electron chi connectivity index (χ1n) is 10.5. The summed E-state index contributed by atoms with van der Waals surface area (Å²) < 4.78 is 32.3. The fourth-order valence-corrected chi connectivity index (χ4v) is 6.22. The lowest BCUT2D eigenvalue weighted by molar-refractivity contribution is 0.0730. The van der Waals surface area contributed by atoms with Crippen LogP contribution in [0.1, 0.15) is 16.4 Å². The molecule has 4 aromatic rings. The van der Waals surface area contributed by atoms with Crippen molar-refractivity contribution < 1.29 is 13.2 Å². The lowest BCUT2D eigenvalue weighted by Crippen LogP contribution is -2.40. The van der Waals surface area contributed by atoms with Crippen molar-refractivity contribution in [2.24, 2.45) is 0 Å². The van der Waals surface area contributed by atoms with Gasteiger partial charge in [-0.3, -0.25) is 0 Å². The van der Waals surface area contributed by atoms with Crippen molar-refractivity contribution >= 4 is 38.1 Å². The van der Waals surface area contributed by atoms with E-state index in [1.165, 1.54) is 26.3 Å². The summed E-state index contributed by atoms with van der Waals surface area (Å²) in [7, 11) is -3.54. The van der Waals surface area contributed by atoms with E-state index >= 15 is 0 Å². The number of H-pyrrole nitrogens is 1. The summed E-state index contributed by atoms with van der Waals surface area (Å²) in [4.78, 5) is 9.21. The van der Waals surface area contributed by atoms with Crippen molar-refractivity contribution in [3.63, 3.8) is 0 Å². The molecule has 4 heterocycles. The number of nitrogens with zero attached hydrogens (tertiary/aromatic N) is 2. The Bertz CT molecular complexity index is 1280. The van der Waals surface area contributed by atoms with E-state index in [0.717, 1.165) is 5.52 Å². The number of hydrogen-bond donors (Lipinski definition) is 2. The van der Waals surface area contributed by atoms with Gasteiger partial charge in [-0.1, -0.05) is 24.3 Å². The van der Waals surface area contributed by atoms with Gasteiger partial charge in [0.1, 0.15) is 10.7 Å². The number of rotatable bonds is 7. The highest BCUT2D eigenvalue weighted by Crippen LogP contribution is 2.33. The van der Waals surface area contributed by atoms with Gasteiger partial charge in [0.05, 0.1) is 13.2 Å². The van der Waals surface area contributed by atoms with Crippen molar-refractivity contribution in [3.8, 4) is 0 Å². The maximum absolute atomic E-state index is 12.8. The molecule has 3 aromatic heterocycles. The summed E-state index contributed by atoms with van der Waals surface area (Å²) in [5.41, 5.74) is 2.34.